The molecule has 0 spiro atoms. The summed E-state index contributed by atoms with van der Waals surface area (Å²) in [7, 11) is 0. The summed E-state index contributed by atoms with van der Waals surface area (Å²) in [5.74, 6) is 0.651. The lowest BCUT2D eigenvalue weighted by molar-refractivity contribution is 0.295. The van der Waals surface area contributed by atoms with Crippen LogP contribution >= 0.6 is 31.9 Å². The van der Waals surface area contributed by atoms with Gasteiger partial charge in [0.15, 0.2) is 5.96 Å². The molecule has 0 unspecified atom stereocenters. The standard InChI is InChI=1S/C11H13Br2N3/c12-9-2-3-10(13)8(6-9)7-15-11(14)16-4-1-5-16/h2-3,6H,1,4-5,7H2,(H2,14,15). The van der Waals surface area contributed by atoms with E-state index in [0.29, 0.717) is 12.5 Å². The zero-order chi connectivity index (χ0) is 11.5. The van der Waals surface area contributed by atoms with Gasteiger partial charge < -0.3 is 10.6 Å². The molecule has 0 saturated carbocycles. The van der Waals surface area contributed by atoms with Crippen molar-refractivity contribution in [2.24, 2.45) is 10.7 Å². The van der Waals surface area contributed by atoms with Crippen molar-refractivity contribution < 1.29 is 0 Å². The van der Waals surface area contributed by atoms with Crippen molar-refractivity contribution in [3.8, 4) is 0 Å². The van der Waals surface area contributed by atoms with Crippen molar-refractivity contribution in [1.82, 2.24) is 4.90 Å². The van der Waals surface area contributed by atoms with Crippen molar-refractivity contribution in [3.63, 3.8) is 0 Å². The Kier molecular flexibility index (Phi) is 3.86. The van der Waals surface area contributed by atoms with E-state index in [-0.39, 0.29) is 0 Å². The van der Waals surface area contributed by atoms with E-state index in [9.17, 15) is 0 Å². The third-order valence-electron chi connectivity index (χ3n) is 2.60. The minimum atomic E-state index is 0.613. The highest BCUT2D eigenvalue weighted by Gasteiger charge is 2.15. The van der Waals surface area contributed by atoms with Gasteiger partial charge in [-0.15, -0.1) is 0 Å². The van der Waals surface area contributed by atoms with Gasteiger partial charge in [-0.25, -0.2) is 4.99 Å². The van der Waals surface area contributed by atoms with Crippen LogP contribution in [0.5, 0.6) is 0 Å². The summed E-state index contributed by atoms with van der Waals surface area (Å²) in [6.07, 6.45) is 1.22. The molecule has 0 aliphatic carbocycles. The van der Waals surface area contributed by atoms with E-state index in [2.05, 4.69) is 47.8 Å². The molecule has 0 aromatic heterocycles. The Morgan fingerprint density at radius 3 is 2.75 bits per heavy atom. The van der Waals surface area contributed by atoms with Crippen LogP contribution in [0.25, 0.3) is 0 Å². The van der Waals surface area contributed by atoms with E-state index in [1.807, 2.05) is 12.1 Å². The average Bonchev–Trinajstić information content (AvgIpc) is 2.17. The monoisotopic (exact) mass is 345 g/mol. The van der Waals surface area contributed by atoms with E-state index in [0.717, 1.165) is 27.6 Å². The number of hydrogen-bond donors (Lipinski definition) is 1. The first-order chi connectivity index (χ1) is 7.66. The van der Waals surface area contributed by atoms with Crippen LogP contribution in [0.4, 0.5) is 0 Å². The van der Waals surface area contributed by atoms with Gasteiger partial charge in [0, 0.05) is 22.0 Å². The summed E-state index contributed by atoms with van der Waals surface area (Å²) in [4.78, 5) is 6.48. The van der Waals surface area contributed by atoms with Crippen molar-refractivity contribution in [1.29, 1.82) is 0 Å². The van der Waals surface area contributed by atoms with E-state index in [1.54, 1.807) is 0 Å². The molecular formula is C11H13Br2N3. The van der Waals surface area contributed by atoms with Gasteiger partial charge in [-0.05, 0) is 30.2 Å². The predicted molar refractivity (Wildman–Crippen MR) is 73.4 cm³/mol. The lowest BCUT2D eigenvalue weighted by atomic mass is 10.2. The third-order valence-corrected chi connectivity index (χ3v) is 3.87. The summed E-state index contributed by atoms with van der Waals surface area (Å²) in [6, 6.07) is 6.06. The van der Waals surface area contributed by atoms with Crippen LogP contribution < -0.4 is 5.73 Å². The molecule has 1 heterocycles. The number of halogens is 2. The Bertz CT molecular complexity index is 414. The molecule has 0 radical (unpaired) electrons. The highest BCUT2D eigenvalue weighted by Crippen LogP contribution is 2.22. The summed E-state index contributed by atoms with van der Waals surface area (Å²) < 4.78 is 2.12. The molecule has 1 aliphatic rings. The van der Waals surface area contributed by atoms with E-state index < -0.39 is 0 Å². The minimum absolute atomic E-state index is 0.613. The van der Waals surface area contributed by atoms with Crippen molar-refractivity contribution in [2.75, 3.05) is 13.1 Å². The first-order valence-electron chi connectivity index (χ1n) is 5.15. The highest BCUT2D eigenvalue weighted by atomic mass is 79.9. The number of nitrogens with zero attached hydrogens (tertiary/aromatic N) is 2. The van der Waals surface area contributed by atoms with Crippen LogP contribution in [0.3, 0.4) is 0 Å². The van der Waals surface area contributed by atoms with Crippen LogP contribution in [-0.4, -0.2) is 23.9 Å². The lowest BCUT2D eigenvalue weighted by Gasteiger charge is -2.31. The number of guanidine groups is 1. The summed E-state index contributed by atoms with van der Waals surface area (Å²) in [5.41, 5.74) is 7.00. The fourth-order valence-electron chi connectivity index (χ4n) is 1.48. The maximum Gasteiger partial charge on any atom is 0.191 e. The van der Waals surface area contributed by atoms with Crippen LogP contribution in [0, 0.1) is 0 Å². The second-order valence-corrected chi connectivity index (χ2v) is 5.52. The Morgan fingerprint density at radius 2 is 2.12 bits per heavy atom. The molecule has 1 aromatic carbocycles. The van der Waals surface area contributed by atoms with Crippen LogP contribution in [0.15, 0.2) is 32.1 Å². The molecule has 0 atom stereocenters. The quantitative estimate of drug-likeness (QED) is 0.660. The Hall–Kier alpha value is -0.550. The second-order valence-electron chi connectivity index (χ2n) is 3.75. The second kappa shape index (κ2) is 5.19. The molecule has 1 aromatic rings. The van der Waals surface area contributed by atoms with E-state index >= 15 is 0 Å². The van der Waals surface area contributed by atoms with Crippen LogP contribution in [0.2, 0.25) is 0 Å². The van der Waals surface area contributed by atoms with Crippen molar-refractivity contribution >= 4 is 37.8 Å². The molecule has 16 heavy (non-hydrogen) atoms. The molecule has 2 rings (SSSR count). The van der Waals surface area contributed by atoms with Gasteiger partial charge in [-0.3, -0.25) is 0 Å². The first-order valence-corrected chi connectivity index (χ1v) is 6.74. The maximum atomic E-state index is 5.86. The molecule has 1 saturated heterocycles. The lowest BCUT2D eigenvalue weighted by Crippen LogP contribution is -2.46. The number of aliphatic imine (C=N–C) groups is 1. The molecule has 0 amide bonds. The zero-order valence-corrected chi connectivity index (χ0v) is 12.0. The van der Waals surface area contributed by atoms with Gasteiger partial charge in [0.25, 0.3) is 0 Å². The SMILES string of the molecule is NC(=NCc1cc(Br)ccc1Br)N1CCC1. The van der Waals surface area contributed by atoms with Gasteiger partial charge >= 0.3 is 0 Å². The van der Waals surface area contributed by atoms with E-state index in [4.69, 9.17) is 5.73 Å². The molecule has 1 aliphatic heterocycles. The van der Waals surface area contributed by atoms with Gasteiger partial charge in [-0.2, -0.15) is 0 Å². The molecule has 1 fully saturated rings. The molecule has 3 nitrogen and oxygen atoms in total. The van der Waals surface area contributed by atoms with Crippen molar-refractivity contribution in [2.45, 2.75) is 13.0 Å². The predicted octanol–water partition coefficient (Wildman–Crippen LogP) is 2.73. The average molecular weight is 347 g/mol. The van der Waals surface area contributed by atoms with Crippen LogP contribution in [0.1, 0.15) is 12.0 Å². The van der Waals surface area contributed by atoms with E-state index in [1.165, 1.54) is 6.42 Å². The first kappa shape index (κ1) is 11.9. The van der Waals surface area contributed by atoms with Gasteiger partial charge in [0.1, 0.15) is 0 Å². The van der Waals surface area contributed by atoms with Crippen molar-refractivity contribution in [3.05, 3.63) is 32.7 Å². The van der Waals surface area contributed by atoms with Gasteiger partial charge in [0.2, 0.25) is 0 Å². The summed E-state index contributed by atoms with van der Waals surface area (Å²) >= 11 is 6.95. The van der Waals surface area contributed by atoms with Gasteiger partial charge in [-0.1, -0.05) is 31.9 Å². The number of nitrogens with two attached hydrogens (primary N) is 1. The Balaban J connectivity index is 2.05. The molecule has 5 heteroatoms. The topological polar surface area (TPSA) is 41.6 Å². The smallest absolute Gasteiger partial charge is 0.191 e. The number of benzene rings is 1. The highest BCUT2D eigenvalue weighted by molar-refractivity contribution is 9.11. The van der Waals surface area contributed by atoms with Crippen LogP contribution in [-0.2, 0) is 6.54 Å². The molecule has 2 N–H and O–H groups in total. The minimum Gasteiger partial charge on any atom is -0.370 e. The fraction of sp³-hybridized carbons (Fsp3) is 0.364. The number of likely N-dealkylation sites (tertiary alicyclic amines) is 1. The normalized spacial score (nSPS) is 16.1. The zero-order valence-electron chi connectivity index (χ0n) is 8.79. The van der Waals surface area contributed by atoms with Gasteiger partial charge in [0.05, 0.1) is 6.54 Å². The fourth-order valence-corrected chi connectivity index (χ4v) is 2.26. The summed E-state index contributed by atoms with van der Waals surface area (Å²) in [6.45, 7) is 2.69. The molecule has 0 bridgehead atoms. The molecular weight excluding hydrogens is 334 g/mol. The number of hydrogen-bond acceptors (Lipinski definition) is 1. The Labute approximate surface area is 112 Å². The molecule has 86 valence electrons. The maximum absolute atomic E-state index is 5.86. The largest absolute Gasteiger partial charge is 0.370 e. The Morgan fingerprint density at radius 1 is 1.38 bits per heavy atom. The third kappa shape index (κ3) is 2.77. The summed E-state index contributed by atoms with van der Waals surface area (Å²) in [5, 5.41) is 0. The number of rotatable bonds is 2.